The molecule has 1 fully saturated rings. The van der Waals surface area contributed by atoms with Crippen molar-refractivity contribution in [2.24, 2.45) is 0 Å². The summed E-state index contributed by atoms with van der Waals surface area (Å²) in [5.74, 6) is 0.628. The number of rotatable bonds is 6. The standard InChI is InChI=1S/C23H25N3O5S/c1-15-6-8-19(12-16(15)2)31-22-9-7-18(14-24-22)25-23(27)20-13-21(17(3)30-20)32(28,29)26-10-4-5-11-26/h6-9,12-14H,4-5,10-11H2,1-3H3,(H,25,27). The van der Waals surface area contributed by atoms with Crippen molar-refractivity contribution in [2.45, 2.75) is 38.5 Å². The van der Waals surface area contributed by atoms with Gasteiger partial charge >= 0.3 is 0 Å². The maximum absolute atomic E-state index is 12.8. The molecule has 0 radical (unpaired) electrons. The smallest absolute Gasteiger partial charge is 0.291 e. The van der Waals surface area contributed by atoms with Crippen molar-refractivity contribution in [3.63, 3.8) is 0 Å². The first-order valence-electron chi connectivity index (χ1n) is 10.4. The maximum atomic E-state index is 12.8. The summed E-state index contributed by atoms with van der Waals surface area (Å²) >= 11 is 0. The Balaban J connectivity index is 1.44. The van der Waals surface area contributed by atoms with Gasteiger partial charge in [-0.3, -0.25) is 4.79 Å². The number of sulfonamides is 1. The minimum absolute atomic E-state index is 0.0276. The van der Waals surface area contributed by atoms with E-state index < -0.39 is 15.9 Å². The van der Waals surface area contributed by atoms with Gasteiger partial charge in [0.1, 0.15) is 16.4 Å². The molecule has 0 atom stereocenters. The van der Waals surface area contributed by atoms with E-state index in [1.807, 2.05) is 32.0 Å². The number of nitrogens with one attached hydrogen (secondary N) is 1. The Hall–Kier alpha value is -3.17. The third-order valence-corrected chi connectivity index (χ3v) is 7.48. The van der Waals surface area contributed by atoms with Crippen molar-refractivity contribution in [1.29, 1.82) is 0 Å². The Morgan fingerprint density at radius 1 is 1.06 bits per heavy atom. The number of hydrogen-bond donors (Lipinski definition) is 1. The molecular formula is C23H25N3O5S. The molecule has 8 nitrogen and oxygen atoms in total. The minimum atomic E-state index is -3.67. The molecule has 0 bridgehead atoms. The Morgan fingerprint density at radius 3 is 2.47 bits per heavy atom. The van der Waals surface area contributed by atoms with E-state index in [0.29, 0.717) is 30.4 Å². The van der Waals surface area contributed by atoms with E-state index in [-0.39, 0.29) is 16.4 Å². The fraction of sp³-hybridized carbons (Fsp3) is 0.304. The van der Waals surface area contributed by atoms with Gasteiger partial charge < -0.3 is 14.5 Å². The molecule has 4 rings (SSSR count). The quantitative estimate of drug-likeness (QED) is 0.590. The molecule has 0 saturated carbocycles. The number of ether oxygens (including phenoxy) is 1. The molecule has 1 aliphatic rings. The van der Waals surface area contributed by atoms with E-state index in [4.69, 9.17) is 9.15 Å². The molecule has 0 unspecified atom stereocenters. The van der Waals surface area contributed by atoms with Crippen molar-refractivity contribution in [3.8, 4) is 11.6 Å². The summed E-state index contributed by atoms with van der Waals surface area (Å²) in [5, 5.41) is 2.67. The lowest BCUT2D eigenvalue weighted by atomic mass is 10.1. The molecule has 1 aromatic carbocycles. The number of furan rings is 1. The van der Waals surface area contributed by atoms with Crippen molar-refractivity contribution >= 4 is 21.6 Å². The van der Waals surface area contributed by atoms with Crippen LogP contribution >= 0.6 is 0 Å². The second-order valence-electron chi connectivity index (χ2n) is 7.83. The number of anilines is 1. The summed E-state index contributed by atoms with van der Waals surface area (Å²) in [6, 6.07) is 10.3. The molecule has 2 aromatic heterocycles. The van der Waals surface area contributed by atoms with Crippen molar-refractivity contribution in [2.75, 3.05) is 18.4 Å². The number of carbonyl (C=O) groups is 1. The number of hydrogen-bond acceptors (Lipinski definition) is 6. The van der Waals surface area contributed by atoms with Crippen LogP contribution in [-0.4, -0.2) is 36.7 Å². The molecule has 9 heteroatoms. The van der Waals surface area contributed by atoms with Gasteiger partial charge in [-0.25, -0.2) is 13.4 Å². The van der Waals surface area contributed by atoms with E-state index in [9.17, 15) is 13.2 Å². The van der Waals surface area contributed by atoms with Crippen molar-refractivity contribution in [3.05, 3.63) is 65.2 Å². The minimum Gasteiger partial charge on any atom is -0.455 e. The van der Waals surface area contributed by atoms with Crippen molar-refractivity contribution < 1.29 is 22.4 Å². The van der Waals surface area contributed by atoms with Crippen LogP contribution in [0.2, 0.25) is 0 Å². The Bertz CT molecular complexity index is 1240. The van der Waals surface area contributed by atoms with Gasteiger partial charge in [0.15, 0.2) is 5.76 Å². The fourth-order valence-corrected chi connectivity index (χ4v) is 5.18. The highest BCUT2D eigenvalue weighted by Crippen LogP contribution is 2.27. The number of aromatic nitrogens is 1. The number of amides is 1. The van der Waals surface area contributed by atoms with Crippen LogP contribution < -0.4 is 10.1 Å². The maximum Gasteiger partial charge on any atom is 0.291 e. The first-order chi connectivity index (χ1) is 15.2. The van der Waals surface area contributed by atoms with E-state index in [1.54, 1.807) is 19.1 Å². The SMILES string of the molecule is Cc1ccc(Oc2ccc(NC(=O)c3cc(S(=O)(=O)N4CCCC4)c(C)o3)cn2)cc1C. The van der Waals surface area contributed by atoms with Crippen LogP contribution in [0.1, 0.15) is 40.3 Å². The van der Waals surface area contributed by atoms with Crippen LogP contribution in [0, 0.1) is 20.8 Å². The molecule has 3 heterocycles. The second kappa shape index (κ2) is 8.76. The second-order valence-corrected chi connectivity index (χ2v) is 9.74. The highest BCUT2D eigenvalue weighted by atomic mass is 32.2. The predicted octanol–water partition coefficient (Wildman–Crippen LogP) is 4.43. The highest BCUT2D eigenvalue weighted by Gasteiger charge is 2.31. The van der Waals surface area contributed by atoms with E-state index in [2.05, 4.69) is 10.3 Å². The lowest BCUT2D eigenvalue weighted by Gasteiger charge is -2.14. The summed E-state index contributed by atoms with van der Waals surface area (Å²) < 4.78 is 38.2. The summed E-state index contributed by atoms with van der Waals surface area (Å²) in [6.45, 7) is 6.54. The zero-order valence-electron chi connectivity index (χ0n) is 18.2. The first kappa shape index (κ1) is 22.0. The topological polar surface area (TPSA) is 102 Å². The number of carbonyl (C=O) groups excluding carboxylic acids is 1. The normalized spacial score (nSPS) is 14.5. The molecule has 0 spiro atoms. The lowest BCUT2D eigenvalue weighted by Crippen LogP contribution is -2.28. The Morgan fingerprint density at radius 2 is 1.81 bits per heavy atom. The molecule has 32 heavy (non-hydrogen) atoms. The van der Waals surface area contributed by atoms with Gasteiger partial charge in [0.2, 0.25) is 15.9 Å². The molecule has 1 aliphatic heterocycles. The first-order valence-corrected chi connectivity index (χ1v) is 11.8. The van der Waals surface area contributed by atoms with Gasteiger partial charge in [0.25, 0.3) is 5.91 Å². The monoisotopic (exact) mass is 455 g/mol. The predicted molar refractivity (Wildman–Crippen MR) is 120 cm³/mol. The highest BCUT2D eigenvalue weighted by molar-refractivity contribution is 7.89. The number of nitrogens with zero attached hydrogens (tertiary/aromatic N) is 2. The molecule has 3 aromatic rings. The van der Waals surface area contributed by atoms with Crippen LogP contribution in [0.3, 0.4) is 0 Å². The van der Waals surface area contributed by atoms with Crippen molar-refractivity contribution in [1.82, 2.24) is 9.29 Å². The molecule has 168 valence electrons. The van der Waals surface area contributed by atoms with Gasteiger partial charge in [-0.2, -0.15) is 4.31 Å². The van der Waals surface area contributed by atoms with Crippen LogP contribution in [0.25, 0.3) is 0 Å². The summed E-state index contributed by atoms with van der Waals surface area (Å²) in [5.41, 5.74) is 2.72. The number of pyridine rings is 1. The molecule has 1 amide bonds. The van der Waals surface area contributed by atoms with Crippen LogP contribution in [0.5, 0.6) is 11.6 Å². The largest absolute Gasteiger partial charge is 0.455 e. The molecule has 1 saturated heterocycles. The average Bonchev–Trinajstić information content (AvgIpc) is 3.43. The summed E-state index contributed by atoms with van der Waals surface area (Å²) in [6.07, 6.45) is 3.13. The third-order valence-electron chi connectivity index (χ3n) is 5.47. The molecule has 0 aliphatic carbocycles. The zero-order chi connectivity index (χ0) is 22.9. The van der Waals surface area contributed by atoms with Crippen LogP contribution in [0.4, 0.5) is 5.69 Å². The third kappa shape index (κ3) is 4.53. The van der Waals surface area contributed by atoms with Gasteiger partial charge in [-0.15, -0.1) is 0 Å². The Labute approximate surface area is 187 Å². The fourth-order valence-electron chi connectivity index (χ4n) is 3.51. The summed E-state index contributed by atoms with van der Waals surface area (Å²) in [4.78, 5) is 16.8. The van der Waals surface area contributed by atoms with Gasteiger partial charge in [-0.1, -0.05) is 6.07 Å². The van der Waals surface area contributed by atoms with E-state index >= 15 is 0 Å². The lowest BCUT2D eigenvalue weighted by molar-refractivity contribution is 0.0995. The zero-order valence-corrected chi connectivity index (χ0v) is 19.0. The van der Waals surface area contributed by atoms with Crippen LogP contribution in [-0.2, 0) is 10.0 Å². The number of benzene rings is 1. The summed E-state index contributed by atoms with van der Waals surface area (Å²) in [7, 11) is -3.67. The van der Waals surface area contributed by atoms with E-state index in [0.717, 1.165) is 18.4 Å². The molecule has 1 N–H and O–H groups in total. The average molecular weight is 456 g/mol. The number of aryl methyl sites for hydroxylation is 3. The molecular weight excluding hydrogens is 430 g/mol. The van der Waals surface area contributed by atoms with Crippen LogP contribution in [0.15, 0.2) is 51.9 Å². The van der Waals surface area contributed by atoms with Gasteiger partial charge in [0.05, 0.1) is 11.9 Å². The Kier molecular flexibility index (Phi) is 6.03. The van der Waals surface area contributed by atoms with E-state index in [1.165, 1.54) is 22.1 Å². The van der Waals surface area contributed by atoms with Gasteiger partial charge in [0, 0.05) is 25.2 Å². The van der Waals surface area contributed by atoms with Gasteiger partial charge in [-0.05, 0) is 62.9 Å².